The number of aryl methyl sites for hydroxylation is 2. The minimum absolute atomic E-state index is 0.776. The van der Waals surface area contributed by atoms with E-state index in [1.807, 2.05) is 49.0 Å². The van der Waals surface area contributed by atoms with Gasteiger partial charge in [-0.25, -0.2) is 4.98 Å². The maximum Gasteiger partial charge on any atom is 0.191 e. The van der Waals surface area contributed by atoms with Crippen molar-refractivity contribution in [1.82, 2.24) is 18.1 Å². The van der Waals surface area contributed by atoms with Gasteiger partial charge in [-0.05, 0) is 36.5 Å². The summed E-state index contributed by atoms with van der Waals surface area (Å²) in [4.78, 5) is 4.71. The van der Waals surface area contributed by atoms with Gasteiger partial charge >= 0.3 is 0 Å². The lowest BCUT2D eigenvalue weighted by molar-refractivity contribution is 0.810. The standard InChI is InChI=1S/C16H14N4S2/c1-18-12-8-4-3-7-11(12)17-15(18)22-20-14-10-6-5-9-13(14)19(2)16(20)21/h3-10H,1-2H3. The number of hydrogen-bond donors (Lipinski definition) is 0. The molecule has 0 fully saturated rings. The molecule has 4 aromatic rings. The maximum absolute atomic E-state index is 5.59. The van der Waals surface area contributed by atoms with Crippen LogP contribution in [0.1, 0.15) is 0 Å². The Morgan fingerprint density at radius 1 is 0.864 bits per heavy atom. The third kappa shape index (κ3) is 1.91. The summed E-state index contributed by atoms with van der Waals surface area (Å²) in [5, 5.41) is 0.925. The van der Waals surface area contributed by atoms with Gasteiger partial charge in [-0.1, -0.05) is 24.3 Å². The highest BCUT2D eigenvalue weighted by Crippen LogP contribution is 2.28. The van der Waals surface area contributed by atoms with Gasteiger partial charge in [0.2, 0.25) is 0 Å². The molecule has 0 unspecified atom stereocenters. The van der Waals surface area contributed by atoms with Crippen LogP contribution in [-0.2, 0) is 14.1 Å². The molecular weight excluding hydrogens is 312 g/mol. The zero-order valence-electron chi connectivity index (χ0n) is 12.2. The van der Waals surface area contributed by atoms with Gasteiger partial charge in [0.1, 0.15) is 0 Å². The number of hydrogen-bond acceptors (Lipinski definition) is 3. The number of aromatic nitrogens is 4. The molecule has 0 N–H and O–H groups in total. The Balaban J connectivity index is 1.92. The van der Waals surface area contributed by atoms with E-state index in [9.17, 15) is 0 Å². The van der Waals surface area contributed by atoms with Crippen LogP contribution >= 0.6 is 24.2 Å². The minimum Gasteiger partial charge on any atom is -0.321 e. The van der Waals surface area contributed by atoms with Crippen molar-refractivity contribution in [3.05, 3.63) is 53.3 Å². The fourth-order valence-corrected chi connectivity index (χ4v) is 3.92. The molecule has 0 saturated heterocycles. The number of para-hydroxylation sites is 4. The quantitative estimate of drug-likeness (QED) is 0.518. The third-order valence-corrected chi connectivity index (χ3v) is 5.49. The van der Waals surface area contributed by atoms with Crippen LogP contribution in [0, 0.1) is 4.77 Å². The Hall–Kier alpha value is -2.05. The van der Waals surface area contributed by atoms with Gasteiger partial charge in [0.15, 0.2) is 9.93 Å². The zero-order valence-corrected chi connectivity index (χ0v) is 13.9. The monoisotopic (exact) mass is 326 g/mol. The molecule has 2 aromatic heterocycles. The molecule has 4 rings (SSSR count). The molecule has 2 aromatic carbocycles. The Morgan fingerprint density at radius 2 is 1.50 bits per heavy atom. The molecule has 0 aliphatic rings. The van der Waals surface area contributed by atoms with Crippen LogP contribution in [0.3, 0.4) is 0 Å². The molecule has 0 bridgehead atoms. The van der Waals surface area contributed by atoms with Gasteiger partial charge in [-0.2, -0.15) is 0 Å². The van der Waals surface area contributed by atoms with Crippen LogP contribution in [0.15, 0.2) is 53.7 Å². The number of fused-ring (bicyclic) bond motifs is 2. The molecule has 6 heteroatoms. The Morgan fingerprint density at radius 3 is 2.23 bits per heavy atom. The normalized spacial score (nSPS) is 11.5. The SMILES string of the molecule is Cn1c(Sn2c(=S)n(C)c3ccccc32)nc2ccccc21. The van der Waals surface area contributed by atoms with Crippen molar-refractivity contribution in [3.8, 4) is 0 Å². The topological polar surface area (TPSA) is 27.7 Å². The molecule has 110 valence electrons. The first kappa shape index (κ1) is 13.6. The lowest BCUT2D eigenvalue weighted by atomic mass is 10.3. The predicted octanol–water partition coefficient (Wildman–Crippen LogP) is 4.15. The molecule has 0 radical (unpaired) electrons. The van der Waals surface area contributed by atoms with Crippen LogP contribution in [-0.4, -0.2) is 18.1 Å². The Kier molecular flexibility index (Phi) is 3.09. The lowest BCUT2D eigenvalue weighted by Gasteiger charge is -2.03. The van der Waals surface area contributed by atoms with Gasteiger partial charge in [0.05, 0.1) is 22.1 Å². The van der Waals surface area contributed by atoms with Crippen LogP contribution in [0.5, 0.6) is 0 Å². The van der Waals surface area contributed by atoms with Gasteiger partial charge < -0.3 is 9.13 Å². The van der Waals surface area contributed by atoms with E-state index < -0.39 is 0 Å². The summed E-state index contributed by atoms with van der Waals surface area (Å²) in [6, 6.07) is 16.4. The van der Waals surface area contributed by atoms with Crippen LogP contribution in [0.25, 0.3) is 22.1 Å². The molecule has 0 spiro atoms. The smallest absolute Gasteiger partial charge is 0.191 e. The average molecular weight is 326 g/mol. The van der Waals surface area contributed by atoms with Crippen molar-refractivity contribution in [2.45, 2.75) is 5.16 Å². The van der Waals surface area contributed by atoms with Crippen molar-refractivity contribution in [3.63, 3.8) is 0 Å². The van der Waals surface area contributed by atoms with E-state index in [0.29, 0.717) is 0 Å². The molecular formula is C16H14N4S2. The van der Waals surface area contributed by atoms with Crippen molar-refractivity contribution >= 4 is 46.2 Å². The van der Waals surface area contributed by atoms with Gasteiger partial charge in [-0.15, -0.1) is 0 Å². The molecule has 0 aliphatic carbocycles. The highest BCUT2D eigenvalue weighted by molar-refractivity contribution is 7.98. The number of imidazole rings is 2. The highest BCUT2D eigenvalue weighted by Gasteiger charge is 2.13. The molecule has 0 atom stereocenters. The van der Waals surface area contributed by atoms with Crippen molar-refractivity contribution in [1.29, 1.82) is 0 Å². The van der Waals surface area contributed by atoms with Crippen molar-refractivity contribution in [2.24, 2.45) is 14.1 Å². The molecule has 0 saturated carbocycles. The van der Waals surface area contributed by atoms with Crippen LogP contribution in [0.4, 0.5) is 0 Å². The first-order valence-electron chi connectivity index (χ1n) is 6.93. The number of nitrogens with zero attached hydrogens (tertiary/aromatic N) is 4. The van der Waals surface area contributed by atoms with Gasteiger partial charge in [-0.3, -0.25) is 3.97 Å². The predicted molar refractivity (Wildman–Crippen MR) is 93.7 cm³/mol. The third-order valence-electron chi connectivity index (χ3n) is 3.84. The van der Waals surface area contributed by atoms with E-state index in [2.05, 4.69) is 26.7 Å². The number of benzene rings is 2. The number of rotatable bonds is 2. The zero-order chi connectivity index (χ0) is 15.3. The van der Waals surface area contributed by atoms with Crippen LogP contribution < -0.4 is 0 Å². The first-order valence-corrected chi connectivity index (χ1v) is 8.11. The maximum atomic E-state index is 5.59. The molecule has 4 nitrogen and oxygen atoms in total. The summed E-state index contributed by atoms with van der Waals surface area (Å²) in [5.74, 6) is 0. The second-order valence-electron chi connectivity index (χ2n) is 5.16. The summed E-state index contributed by atoms with van der Waals surface area (Å²) in [6.07, 6.45) is 0. The minimum atomic E-state index is 0.776. The van der Waals surface area contributed by atoms with E-state index in [1.165, 1.54) is 0 Å². The Bertz CT molecular complexity index is 1060. The van der Waals surface area contributed by atoms with E-state index in [4.69, 9.17) is 17.2 Å². The summed E-state index contributed by atoms with van der Waals surface area (Å²) >= 11 is 7.15. The van der Waals surface area contributed by atoms with Crippen molar-refractivity contribution < 1.29 is 0 Å². The average Bonchev–Trinajstić information content (AvgIpc) is 2.99. The first-order chi connectivity index (χ1) is 10.7. The Labute approximate surface area is 137 Å². The van der Waals surface area contributed by atoms with E-state index in [0.717, 1.165) is 32.0 Å². The van der Waals surface area contributed by atoms with Crippen LogP contribution in [0.2, 0.25) is 0 Å². The van der Waals surface area contributed by atoms with E-state index >= 15 is 0 Å². The van der Waals surface area contributed by atoms with E-state index in [1.54, 1.807) is 11.9 Å². The van der Waals surface area contributed by atoms with Gasteiger partial charge in [0.25, 0.3) is 0 Å². The van der Waals surface area contributed by atoms with E-state index in [-0.39, 0.29) is 0 Å². The fourth-order valence-electron chi connectivity index (χ4n) is 2.64. The fraction of sp³-hybridized carbons (Fsp3) is 0.125. The highest BCUT2D eigenvalue weighted by atomic mass is 32.2. The summed E-state index contributed by atoms with van der Waals surface area (Å²) in [6.45, 7) is 0. The second kappa shape index (κ2) is 5.00. The largest absolute Gasteiger partial charge is 0.321 e. The second-order valence-corrected chi connectivity index (χ2v) is 6.44. The molecule has 0 amide bonds. The summed E-state index contributed by atoms with van der Waals surface area (Å²) in [5.41, 5.74) is 4.35. The summed E-state index contributed by atoms with van der Waals surface area (Å²) in [7, 11) is 4.03. The van der Waals surface area contributed by atoms with Gasteiger partial charge in [0, 0.05) is 26.0 Å². The molecule has 2 heterocycles. The molecule has 22 heavy (non-hydrogen) atoms. The van der Waals surface area contributed by atoms with Crippen molar-refractivity contribution in [2.75, 3.05) is 0 Å². The lowest BCUT2D eigenvalue weighted by Crippen LogP contribution is -1.95. The summed E-state index contributed by atoms with van der Waals surface area (Å²) < 4.78 is 6.97. The molecule has 0 aliphatic heterocycles.